The van der Waals surface area contributed by atoms with Crippen LogP contribution in [0.5, 0.6) is 23.0 Å². The Morgan fingerprint density at radius 2 is 1.35 bits per heavy atom. The number of benzene rings is 2. The molecule has 0 bridgehead atoms. The molecular weight excluding hydrogens is 300 g/mol. The Balaban J connectivity index is 2.24. The topological polar surface area (TPSA) is 71.1 Å². The van der Waals surface area contributed by atoms with Gasteiger partial charge in [-0.15, -0.1) is 0 Å². The van der Waals surface area contributed by atoms with E-state index in [1.54, 1.807) is 38.1 Å². The molecule has 0 spiro atoms. The average Bonchev–Trinajstić information content (AvgIpc) is 3.06. The van der Waals surface area contributed by atoms with Crippen molar-refractivity contribution in [3.8, 4) is 23.0 Å². The highest BCUT2D eigenvalue weighted by molar-refractivity contribution is 6.01. The molecule has 0 radical (unpaired) electrons. The summed E-state index contributed by atoms with van der Waals surface area (Å²) < 4.78 is 21.7. The maximum atomic E-state index is 11.7. The van der Waals surface area contributed by atoms with Crippen molar-refractivity contribution < 1.29 is 28.5 Å². The third kappa shape index (κ3) is 2.67. The number of esters is 2. The molecule has 0 N–H and O–H groups in total. The molecule has 23 heavy (non-hydrogen) atoms. The highest BCUT2D eigenvalue weighted by Gasteiger charge is 2.30. The lowest BCUT2D eigenvalue weighted by Crippen LogP contribution is -2.09. The minimum atomic E-state index is -0.383. The fourth-order valence-corrected chi connectivity index (χ4v) is 2.31. The molecule has 0 saturated heterocycles. The number of fused-ring (bicyclic) bond motifs is 2. The Labute approximate surface area is 132 Å². The normalized spacial score (nSPS) is 12.3. The van der Waals surface area contributed by atoms with Gasteiger partial charge in [-0.3, -0.25) is 9.59 Å². The maximum absolute atomic E-state index is 11.7. The summed E-state index contributed by atoms with van der Waals surface area (Å²) in [4.78, 5) is 23.5. The first-order valence-electron chi connectivity index (χ1n) is 7.41. The molecule has 6 heteroatoms. The van der Waals surface area contributed by atoms with Crippen LogP contribution in [0.25, 0.3) is 10.8 Å². The lowest BCUT2D eigenvalue weighted by Gasteiger charge is -2.14. The molecule has 0 atom stereocenters. The van der Waals surface area contributed by atoms with Gasteiger partial charge in [0.15, 0.2) is 11.5 Å². The Hall–Kier alpha value is -2.76. The highest BCUT2D eigenvalue weighted by atomic mass is 16.7. The minimum Gasteiger partial charge on any atom is -0.449 e. The Morgan fingerprint density at radius 3 is 1.74 bits per heavy atom. The van der Waals surface area contributed by atoms with Crippen LogP contribution in [0.4, 0.5) is 0 Å². The number of hydrogen-bond donors (Lipinski definition) is 0. The van der Waals surface area contributed by atoms with Crippen molar-refractivity contribution in [2.24, 2.45) is 0 Å². The summed E-state index contributed by atoms with van der Waals surface area (Å²) >= 11 is 0. The van der Waals surface area contributed by atoms with Crippen LogP contribution in [0, 0.1) is 0 Å². The van der Waals surface area contributed by atoms with Crippen LogP contribution in [0.15, 0.2) is 24.3 Å². The van der Waals surface area contributed by atoms with Gasteiger partial charge in [0.1, 0.15) is 0 Å². The standard InChI is InChI=1S/C17H16O6/c1-3-12(18)22-14-10-7-5-6-8-11(10)15(23-13(19)4-2)17-16(14)20-9-21-17/h5-8H,3-4,9H2,1-2H3. The van der Waals surface area contributed by atoms with Crippen molar-refractivity contribution in [3.63, 3.8) is 0 Å². The van der Waals surface area contributed by atoms with E-state index < -0.39 is 0 Å². The van der Waals surface area contributed by atoms with Gasteiger partial charge in [-0.05, 0) is 0 Å². The lowest BCUT2D eigenvalue weighted by atomic mass is 10.1. The molecular formula is C17H16O6. The van der Waals surface area contributed by atoms with Crippen LogP contribution in [-0.2, 0) is 9.59 Å². The Bertz CT molecular complexity index is 716. The van der Waals surface area contributed by atoms with E-state index in [0.717, 1.165) is 0 Å². The van der Waals surface area contributed by atoms with Gasteiger partial charge in [-0.25, -0.2) is 0 Å². The van der Waals surface area contributed by atoms with Crippen LogP contribution < -0.4 is 18.9 Å². The van der Waals surface area contributed by atoms with Crippen molar-refractivity contribution in [2.75, 3.05) is 6.79 Å². The fourth-order valence-electron chi connectivity index (χ4n) is 2.31. The van der Waals surface area contributed by atoms with E-state index in [-0.39, 0.29) is 54.6 Å². The van der Waals surface area contributed by atoms with Crippen LogP contribution in [0.1, 0.15) is 26.7 Å². The Kier molecular flexibility index (Phi) is 4.06. The van der Waals surface area contributed by atoms with Gasteiger partial charge in [0, 0.05) is 23.6 Å². The first-order valence-corrected chi connectivity index (χ1v) is 7.41. The second-order valence-electron chi connectivity index (χ2n) is 4.92. The van der Waals surface area contributed by atoms with Gasteiger partial charge < -0.3 is 18.9 Å². The van der Waals surface area contributed by atoms with E-state index in [9.17, 15) is 9.59 Å². The monoisotopic (exact) mass is 316 g/mol. The molecule has 120 valence electrons. The number of hydrogen-bond acceptors (Lipinski definition) is 6. The molecule has 0 amide bonds. The molecule has 0 unspecified atom stereocenters. The van der Waals surface area contributed by atoms with Crippen molar-refractivity contribution in [2.45, 2.75) is 26.7 Å². The van der Waals surface area contributed by atoms with Crippen molar-refractivity contribution in [1.82, 2.24) is 0 Å². The second-order valence-corrected chi connectivity index (χ2v) is 4.92. The summed E-state index contributed by atoms with van der Waals surface area (Å²) in [7, 11) is 0. The maximum Gasteiger partial charge on any atom is 0.311 e. The van der Waals surface area contributed by atoms with Crippen molar-refractivity contribution >= 4 is 22.7 Å². The van der Waals surface area contributed by atoms with E-state index >= 15 is 0 Å². The van der Waals surface area contributed by atoms with Gasteiger partial charge in [0.2, 0.25) is 18.3 Å². The minimum absolute atomic E-state index is 0.0288. The van der Waals surface area contributed by atoms with Gasteiger partial charge in [0.05, 0.1) is 0 Å². The first kappa shape index (κ1) is 15.1. The average molecular weight is 316 g/mol. The number of carbonyl (C=O) groups excluding carboxylic acids is 2. The summed E-state index contributed by atoms with van der Waals surface area (Å²) in [6.45, 7) is 3.39. The number of ether oxygens (including phenoxy) is 4. The zero-order chi connectivity index (χ0) is 16.4. The van der Waals surface area contributed by atoms with Crippen molar-refractivity contribution in [1.29, 1.82) is 0 Å². The molecule has 0 aliphatic carbocycles. The molecule has 1 aliphatic rings. The molecule has 1 aliphatic heterocycles. The summed E-state index contributed by atoms with van der Waals surface area (Å²) in [5, 5.41) is 1.25. The predicted molar refractivity (Wildman–Crippen MR) is 81.9 cm³/mol. The third-order valence-electron chi connectivity index (χ3n) is 3.45. The van der Waals surface area contributed by atoms with Crippen LogP contribution in [0.3, 0.4) is 0 Å². The zero-order valence-corrected chi connectivity index (χ0v) is 12.9. The van der Waals surface area contributed by atoms with E-state index in [1.807, 2.05) is 0 Å². The quantitative estimate of drug-likeness (QED) is 0.637. The van der Waals surface area contributed by atoms with Gasteiger partial charge in [-0.2, -0.15) is 0 Å². The predicted octanol–water partition coefficient (Wildman–Crippen LogP) is 3.20. The van der Waals surface area contributed by atoms with Gasteiger partial charge in [0.25, 0.3) is 0 Å². The number of rotatable bonds is 4. The van der Waals surface area contributed by atoms with E-state index in [4.69, 9.17) is 18.9 Å². The van der Waals surface area contributed by atoms with Gasteiger partial charge in [-0.1, -0.05) is 38.1 Å². The summed E-state index contributed by atoms with van der Waals surface area (Å²) in [5.41, 5.74) is 0. The molecule has 0 fully saturated rings. The molecule has 0 saturated carbocycles. The zero-order valence-electron chi connectivity index (χ0n) is 12.9. The SMILES string of the molecule is CCC(=O)Oc1c2c(c(OC(=O)CC)c3ccccc13)OCO2. The molecule has 2 aromatic carbocycles. The van der Waals surface area contributed by atoms with Gasteiger partial charge >= 0.3 is 11.9 Å². The first-order chi connectivity index (χ1) is 11.2. The highest BCUT2D eigenvalue weighted by Crippen LogP contribution is 2.53. The smallest absolute Gasteiger partial charge is 0.311 e. The fraction of sp³-hybridized carbons (Fsp3) is 0.294. The third-order valence-corrected chi connectivity index (χ3v) is 3.45. The van der Waals surface area contributed by atoms with Crippen LogP contribution >= 0.6 is 0 Å². The summed E-state index contributed by atoms with van der Waals surface area (Å²) in [6.07, 6.45) is 0.465. The van der Waals surface area contributed by atoms with Crippen LogP contribution in [-0.4, -0.2) is 18.7 Å². The van der Waals surface area contributed by atoms with E-state index in [1.165, 1.54) is 0 Å². The van der Waals surface area contributed by atoms with Crippen LogP contribution in [0.2, 0.25) is 0 Å². The molecule has 2 aromatic rings. The van der Waals surface area contributed by atoms with Crippen molar-refractivity contribution in [3.05, 3.63) is 24.3 Å². The molecule has 0 aromatic heterocycles. The lowest BCUT2D eigenvalue weighted by molar-refractivity contribution is -0.135. The van der Waals surface area contributed by atoms with E-state index in [2.05, 4.69) is 0 Å². The van der Waals surface area contributed by atoms with E-state index in [0.29, 0.717) is 10.8 Å². The number of carbonyl (C=O) groups is 2. The molecule has 1 heterocycles. The molecule has 3 rings (SSSR count). The summed E-state index contributed by atoms with van der Waals surface area (Å²) in [5.74, 6) is 0.374. The largest absolute Gasteiger partial charge is 0.449 e. The molecule has 6 nitrogen and oxygen atoms in total. The summed E-state index contributed by atoms with van der Waals surface area (Å²) in [6, 6.07) is 7.16. The second kappa shape index (κ2) is 6.16. The Morgan fingerprint density at radius 1 is 0.913 bits per heavy atom.